The van der Waals surface area contributed by atoms with Crippen molar-refractivity contribution in [1.82, 2.24) is 15.5 Å². The van der Waals surface area contributed by atoms with E-state index in [-0.39, 0.29) is 24.9 Å². The first kappa shape index (κ1) is 18.9. The molecule has 0 unspecified atom stereocenters. The van der Waals surface area contributed by atoms with Crippen LogP contribution < -0.4 is 10.6 Å². The van der Waals surface area contributed by atoms with Crippen molar-refractivity contribution in [2.45, 2.75) is 33.2 Å². The van der Waals surface area contributed by atoms with Gasteiger partial charge in [-0.05, 0) is 12.3 Å². The number of hydrogen-bond donors (Lipinski definition) is 3. The minimum Gasteiger partial charge on any atom is -0.480 e. The van der Waals surface area contributed by atoms with Crippen LogP contribution in [-0.2, 0) is 19.2 Å². The highest BCUT2D eigenvalue weighted by atomic mass is 16.4. The molecule has 0 aromatic heterocycles. The lowest BCUT2D eigenvalue weighted by Crippen LogP contribution is -2.47. The molecule has 0 aliphatic rings. The number of carboxylic acid groups (broad SMARTS) is 1. The zero-order chi connectivity index (χ0) is 16.6. The van der Waals surface area contributed by atoms with Crippen molar-refractivity contribution >= 4 is 23.7 Å². The number of hydrogen-bond acceptors (Lipinski definition) is 4. The summed E-state index contributed by atoms with van der Waals surface area (Å²) >= 11 is 0. The molecule has 21 heavy (non-hydrogen) atoms. The van der Waals surface area contributed by atoms with Crippen molar-refractivity contribution in [1.29, 1.82) is 0 Å². The molecular formula is C13H23N3O5. The van der Waals surface area contributed by atoms with Crippen LogP contribution >= 0.6 is 0 Å². The Bertz CT molecular complexity index is 409. The van der Waals surface area contributed by atoms with Gasteiger partial charge < -0.3 is 20.6 Å². The molecule has 0 saturated heterocycles. The molecule has 0 saturated carbocycles. The Hall–Kier alpha value is -2.12. The van der Waals surface area contributed by atoms with Gasteiger partial charge in [0.05, 0.1) is 13.1 Å². The molecule has 3 N–H and O–H groups in total. The Morgan fingerprint density at radius 1 is 1.14 bits per heavy atom. The second kappa shape index (κ2) is 8.93. The molecular weight excluding hydrogens is 278 g/mol. The third-order valence-corrected chi connectivity index (χ3v) is 2.70. The number of nitrogens with one attached hydrogen (secondary N) is 2. The number of nitrogens with zero attached hydrogens (tertiary/aromatic N) is 1. The van der Waals surface area contributed by atoms with Gasteiger partial charge in [-0.3, -0.25) is 14.4 Å². The van der Waals surface area contributed by atoms with Gasteiger partial charge in [-0.25, -0.2) is 4.79 Å². The molecule has 0 radical (unpaired) electrons. The van der Waals surface area contributed by atoms with Gasteiger partial charge >= 0.3 is 5.97 Å². The lowest BCUT2D eigenvalue weighted by molar-refractivity contribution is -0.142. The molecule has 8 nitrogen and oxygen atoms in total. The van der Waals surface area contributed by atoms with E-state index in [1.807, 2.05) is 13.8 Å². The van der Waals surface area contributed by atoms with Crippen LogP contribution in [-0.4, -0.2) is 59.9 Å². The zero-order valence-electron chi connectivity index (χ0n) is 12.8. The van der Waals surface area contributed by atoms with Gasteiger partial charge in [0.25, 0.3) is 0 Å². The number of rotatable bonds is 8. The van der Waals surface area contributed by atoms with Crippen molar-refractivity contribution < 1.29 is 24.3 Å². The van der Waals surface area contributed by atoms with Crippen LogP contribution in [0.1, 0.15) is 27.2 Å². The summed E-state index contributed by atoms with van der Waals surface area (Å²) in [6.07, 6.45) is 0.308. The minimum absolute atomic E-state index is 0.116. The molecule has 0 aromatic rings. The van der Waals surface area contributed by atoms with Crippen LogP contribution in [0.15, 0.2) is 0 Å². The largest absolute Gasteiger partial charge is 0.480 e. The van der Waals surface area contributed by atoms with Gasteiger partial charge in [0.15, 0.2) is 0 Å². The maximum atomic E-state index is 11.6. The van der Waals surface area contributed by atoms with Crippen molar-refractivity contribution in [3.63, 3.8) is 0 Å². The normalized spacial score (nSPS) is 11.7. The maximum absolute atomic E-state index is 11.6. The van der Waals surface area contributed by atoms with Gasteiger partial charge in [0.2, 0.25) is 17.7 Å². The van der Waals surface area contributed by atoms with Gasteiger partial charge in [-0.15, -0.1) is 0 Å². The van der Waals surface area contributed by atoms with Crippen molar-refractivity contribution in [3.05, 3.63) is 0 Å². The number of aliphatic carboxylic acids is 1. The number of carbonyl (C=O) groups is 4. The van der Waals surface area contributed by atoms with E-state index in [0.29, 0.717) is 6.42 Å². The Morgan fingerprint density at radius 3 is 2.14 bits per heavy atom. The first-order valence-electron chi connectivity index (χ1n) is 6.64. The summed E-state index contributed by atoms with van der Waals surface area (Å²) in [6, 6.07) is -0.978. The topological polar surface area (TPSA) is 116 Å². The lowest BCUT2D eigenvalue weighted by atomic mass is 10.0. The average Bonchev–Trinajstić information content (AvgIpc) is 2.34. The SMILES string of the molecule is CC(=O)N(C)CC(=O)NCC(=O)N[C@@H](CC(C)C)C(=O)O. The third kappa shape index (κ3) is 8.61. The summed E-state index contributed by atoms with van der Waals surface area (Å²) in [7, 11) is 1.46. The first-order chi connectivity index (χ1) is 9.63. The lowest BCUT2D eigenvalue weighted by Gasteiger charge is -2.17. The molecule has 0 aromatic carbocycles. The van der Waals surface area contributed by atoms with Crippen LogP contribution in [0.5, 0.6) is 0 Å². The Morgan fingerprint density at radius 2 is 1.71 bits per heavy atom. The highest BCUT2D eigenvalue weighted by molar-refractivity contribution is 5.89. The van der Waals surface area contributed by atoms with Crippen LogP contribution in [0.25, 0.3) is 0 Å². The summed E-state index contributed by atoms with van der Waals surface area (Å²) in [5.41, 5.74) is 0. The number of carboxylic acids is 1. The fourth-order valence-corrected chi connectivity index (χ4v) is 1.50. The summed E-state index contributed by atoms with van der Waals surface area (Å²) in [4.78, 5) is 46.2. The monoisotopic (exact) mass is 301 g/mol. The second-order valence-electron chi connectivity index (χ2n) is 5.24. The van der Waals surface area contributed by atoms with E-state index in [0.717, 1.165) is 0 Å². The minimum atomic E-state index is -1.11. The molecule has 0 rings (SSSR count). The third-order valence-electron chi connectivity index (χ3n) is 2.70. The molecule has 0 spiro atoms. The van der Waals surface area contributed by atoms with Crippen LogP contribution in [0, 0.1) is 5.92 Å². The fraction of sp³-hybridized carbons (Fsp3) is 0.692. The Balaban J connectivity index is 4.21. The molecule has 120 valence electrons. The highest BCUT2D eigenvalue weighted by Crippen LogP contribution is 2.04. The van der Waals surface area contributed by atoms with Crippen molar-refractivity contribution in [2.24, 2.45) is 5.92 Å². The molecule has 0 heterocycles. The predicted molar refractivity (Wildman–Crippen MR) is 75.3 cm³/mol. The smallest absolute Gasteiger partial charge is 0.326 e. The Kier molecular flexibility index (Phi) is 8.03. The van der Waals surface area contributed by atoms with Gasteiger partial charge in [0, 0.05) is 14.0 Å². The van der Waals surface area contributed by atoms with Gasteiger partial charge in [0.1, 0.15) is 6.04 Å². The van der Waals surface area contributed by atoms with E-state index in [1.165, 1.54) is 18.9 Å². The summed E-state index contributed by atoms with van der Waals surface area (Å²) in [5.74, 6) is -2.33. The van der Waals surface area contributed by atoms with Crippen molar-refractivity contribution in [3.8, 4) is 0 Å². The quantitative estimate of drug-likeness (QED) is 0.542. The molecule has 0 aliphatic heterocycles. The van der Waals surface area contributed by atoms with Gasteiger partial charge in [-0.1, -0.05) is 13.8 Å². The summed E-state index contributed by atoms with van der Waals surface area (Å²) in [6.45, 7) is 4.54. The summed E-state index contributed by atoms with van der Waals surface area (Å²) < 4.78 is 0. The van der Waals surface area contributed by atoms with E-state index in [9.17, 15) is 19.2 Å². The maximum Gasteiger partial charge on any atom is 0.326 e. The number of likely N-dealkylation sites (N-methyl/N-ethyl adjacent to an activating group) is 1. The average molecular weight is 301 g/mol. The van der Waals surface area contributed by atoms with E-state index in [2.05, 4.69) is 10.6 Å². The Labute approximate surface area is 123 Å². The summed E-state index contributed by atoms with van der Waals surface area (Å²) in [5, 5.41) is 13.7. The molecule has 8 heteroatoms. The van der Waals surface area contributed by atoms with Crippen LogP contribution in [0.2, 0.25) is 0 Å². The van der Waals surface area contributed by atoms with E-state index in [1.54, 1.807) is 0 Å². The van der Waals surface area contributed by atoms with Crippen LogP contribution in [0.4, 0.5) is 0 Å². The van der Waals surface area contributed by atoms with Crippen LogP contribution in [0.3, 0.4) is 0 Å². The standard InChI is InChI=1S/C13H23N3O5/c1-8(2)5-10(13(20)21)15-11(18)6-14-12(19)7-16(4)9(3)17/h8,10H,5-7H2,1-4H3,(H,14,19)(H,15,18)(H,20,21)/t10-/m0/s1. The van der Waals surface area contributed by atoms with Gasteiger partial charge in [-0.2, -0.15) is 0 Å². The highest BCUT2D eigenvalue weighted by Gasteiger charge is 2.21. The van der Waals surface area contributed by atoms with Crippen molar-refractivity contribution in [2.75, 3.05) is 20.1 Å². The first-order valence-corrected chi connectivity index (χ1v) is 6.64. The second-order valence-corrected chi connectivity index (χ2v) is 5.24. The zero-order valence-corrected chi connectivity index (χ0v) is 12.8. The predicted octanol–water partition coefficient (Wildman–Crippen LogP) is -0.804. The molecule has 0 aliphatic carbocycles. The molecule has 0 bridgehead atoms. The van der Waals surface area contributed by atoms with E-state index < -0.39 is 23.8 Å². The van der Waals surface area contributed by atoms with E-state index in [4.69, 9.17) is 5.11 Å². The number of amides is 3. The van der Waals surface area contributed by atoms with E-state index >= 15 is 0 Å². The number of carbonyl (C=O) groups excluding carboxylic acids is 3. The molecule has 1 atom stereocenters. The molecule has 3 amide bonds. The fourth-order valence-electron chi connectivity index (χ4n) is 1.50. The molecule has 0 fully saturated rings.